The topological polar surface area (TPSA) is 74.5 Å². The molecule has 1 aliphatic heterocycles. The Morgan fingerprint density at radius 1 is 1.29 bits per heavy atom. The lowest BCUT2D eigenvalue weighted by Gasteiger charge is -2.18. The number of alkyl halides is 2. The van der Waals surface area contributed by atoms with Gasteiger partial charge < -0.3 is 15.5 Å². The molecule has 31 heavy (non-hydrogen) atoms. The Morgan fingerprint density at radius 2 is 2.06 bits per heavy atom. The van der Waals surface area contributed by atoms with Gasteiger partial charge in [0.05, 0.1) is 0 Å². The summed E-state index contributed by atoms with van der Waals surface area (Å²) in [5.74, 6) is 1.07. The summed E-state index contributed by atoms with van der Waals surface area (Å²) in [5.41, 5.74) is 1.22. The molecule has 2 aromatic rings. The average molecular weight is 546 g/mol. The molecule has 1 fully saturated rings. The van der Waals surface area contributed by atoms with Crippen LogP contribution in [0.15, 0.2) is 47.7 Å². The first kappa shape index (κ1) is 25.0. The SMILES string of the molecule is CCNC(=NCc1nccn1C(F)F)NCC1CC(=O)N(CCc2ccccc2)C1.I. The van der Waals surface area contributed by atoms with E-state index in [0.717, 1.165) is 11.0 Å². The average Bonchev–Trinajstić information content (AvgIpc) is 3.35. The second-order valence-electron chi connectivity index (χ2n) is 7.25. The van der Waals surface area contributed by atoms with Gasteiger partial charge >= 0.3 is 6.55 Å². The predicted molar refractivity (Wildman–Crippen MR) is 127 cm³/mol. The molecule has 0 aliphatic carbocycles. The molecule has 0 bridgehead atoms. The van der Waals surface area contributed by atoms with Crippen molar-refractivity contribution in [1.82, 2.24) is 25.1 Å². The summed E-state index contributed by atoms with van der Waals surface area (Å²) in [4.78, 5) is 22.5. The Bertz CT molecular complexity index is 845. The fourth-order valence-corrected chi connectivity index (χ4v) is 3.49. The van der Waals surface area contributed by atoms with Gasteiger partial charge in [-0.2, -0.15) is 8.78 Å². The van der Waals surface area contributed by atoms with Crippen LogP contribution < -0.4 is 10.6 Å². The number of rotatable bonds is 9. The lowest BCUT2D eigenvalue weighted by molar-refractivity contribution is -0.127. The van der Waals surface area contributed by atoms with Crippen LogP contribution in [0.4, 0.5) is 8.78 Å². The number of benzene rings is 1. The minimum Gasteiger partial charge on any atom is -0.357 e. The van der Waals surface area contributed by atoms with E-state index in [1.54, 1.807) is 0 Å². The largest absolute Gasteiger partial charge is 0.357 e. The smallest absolute Gasteiger partial charge is 0.319 e. The molecule has 0 radical (unpaired) electrons. The van der Waals surface area contributed by atoms with Gasteiger partial charge in [0.1, 0.15) is 12.4 Å². The van der Waals surface area contributed by atoms with Crippen molar-refractivity contribution < 1.29 is 13.6 Å². The third kappa shape index (κ3) is 7.44. The number of hydrogen-bond acceptors (Lipinski definition) is 3. The van der Waals surface area contributed by atoms with Crippen LogP contribution in [0, 0.1) is 5.92 Å². The first-order valence-corrected chi connectivity index (χ1v) is 10.2. The van der Waals surface area contributed by atoms with Crippen LogP contribution in [-0.4, -0.2) is 52.5 Å². The van der Waals surface area contributed by atoms with Crippen LogP contribution >= 0.6 is 24.0 Å². The highest BCUT2D eigenvalue weighted by molar-refractivity contribution is 14.0. The number of nitrogens with zero attached hydrogens (tertiary/aromatic N) is 4. The molecule has 0 saturated carbocycles. The Balaban J connectivity index is 0.00000341. The molecule has 1 unspecified atom stereocenters. The number of hydrogen-bond donors (Lipinski definition) is 2. The number of carbonyl (C=O) groups excluding carboxylic acids is 1. The lowest BCUT2D eigenvalue weighted by atomic mass is 10.1. The van der Waals surface area contributed by atoms with Crippen LogP contribution in [0.25, 0.3) is 0 Å². The molecule has 170 valence electrons. The molecule has 3 rings (SSSR count). The van der Waals surface area contributed by atoms with E-state index in [1.807, 2.05) is 30.0 Å². The molecule has 7 nitrogen and oxygen atoms in total. The third-order valence-electron chi connectivity index (χ3n) is 5.05. The number of halogens is 3. The maximum Gasteiger partial charge on any atom is 0.319 e. The van der Waals surface area contributed by atoms with Crippen molar-refractivity contribution in [2.24, 2.45) is 10.9 Å². The maximum absolute atomic E-state index is 12.9. The Kier molecular flexibility index (Phi) is 10.2. The number of guanidine groups is 1. The summed E-state index contributed by atoms with van der Waals surface area (Å²) in [6.07, 6.45) is 3.92. The maximum atomic E-state index is 12.9. The lowest BCUT2D eigenvalue weighted by Crippen LogP contribution is -2.40. The van der Waals surface area contributed by atoms with Crippen LogP contribution in [0.5, 0.6) is 0 Å². The molecule has 1 aromatic heterocycles. The first-order valence-electron chi connectivity index (χ1n) is 10.2. The first-order chi connectivity index (χ1) is 14.6. The molecule has 10 heteroatoms. The van der Waals surface area contributed by atoms with Crippen LogP contribution in [-0.2, 0) is 17.8 Å². The number of likely N-dealkylation sites (tertiary alicyclic amines) is 1. The summed E-state index contributed by atoms with van der Waals surface area (Å²) >= 11 is 0. The number of nitrogens with one attached hydrogen (secondary N) is 2. The van der Waals surface area contributed by atoms with Crippen LogP contribution in [0.3, 0.4) is 0 Å². The van der Waals surface area contributed by atoms with Crippen LogP contribution in [0.2, 0.25) is 0 Å². The third-order valence-corrected chi connectivity index (χ3v) is 5.05. The number of amides is 1. The zero-order chi connectivity index (χ0) is 21.3. The summed E-state index contributed by atoms with van der Waals surface area (Å²) in [6.45, 7) is 1.98. The minimum atomic E-state index is -2.64. The Morgan fingerprint density at radius 3 is 2.77 bits per heavy atom. The zero-order valence-electron chi connectivity index (χ0n) is 17.5. The number of aromatic nitrogens is 2. The van der Waals surface area contributed by atoms with Crippen molar-refractivity contribution in [3.8, 4) is 0 Å². The van der Waals surface area contributed by atoms with E-state index < -0.39 is 6.55 Å². The van der Waals surface area contributed by atoms with Gasteiger partial charge in [-0.1, -0.05) is 30.3 Å². The summed E-state index contributed by atoms with van der Waals surface area (Å²) in [6, 6.07) is 10.1. The van der Waals surface area contributed by atoms with Crippen molar-refractivity contribution in [2.45, 2.75) is 32.9 Å². The fraction of sp³-hybridized carbons (Fsp3) is 0.476. The van der Waals surface area contributed by atoms with Gasteiger partial charge in [-0.05, 0) is 18.9 Å². The molecule has 1 atom stereocenters. The summed E-state index contributed by atoms with van der Waals surface area (Å²) in [5, 5.41) is 6.33. The van der Waals surface area contributed by atoms with Crippen molar-refractivity contribution in [3.63, 3.8) is 0 Å². The van der Waals surface area contributed by atoms with Gasteiger partial charge in [0.2, 0.25) is 5.91 Å². The van der Waals surface area contributed by atoms with E-state index in [2.05, 4.69) is 32.7 Å². The number of imidazole rings is 1. The van der Waals surface area contributed by atoms with Crippen molar-refractivity contribution in [2.75, 3.05) is 26.2 Å². The van der Waals surface area contributed by atoms with Gasteiger partial charge in [0.25, 0.3) is 0 Å². The number of carbonyl (C=O) groups is 1. The minimum absolute atomic E-state index is 0. The van der Waals surface area contributed by atoms with Gasteiger partial charge in [-0.25, -0.2) is 9.98 Å². The van der Waals surface area contributed by atoms with E-state index >= 15 is 0 Å². The van der Waals surface area contributed by atoms with Crippen molar-refractivity contribution in [1.29, 1.82) is 0 Å². The zero-order valence-corrected chi connectivity index (χ0v) is 19.8. The molecular weight excluding hydrogens is 517 g/mol. The molecule has 1 saturated heterocycles. The van der Waals surface area contributed by atoms with Gasteiger partial charge in [-0.3, -0.25) is 9.36 Å². The molecule has 0 spiro atoms. The highest BCUT2D eigenvalue weighted by Crippen LogP contribution is 2.18. The summed E-state index contributed by atoms with van der Waals surface area (Å²) < 4.78 is 26.7. The second-order valence-corrected chi connectivity index (χ2v) is 7.25. The van der Waals surface area contributed by atoms with Gasteiger partial charge in [-0.15, -0.1) is 24.0 Å². The summed E-state index contributed by atoms with van der Waals surface area (Å²) in [7, 11) is 0. The fourth-order valence-electron chi connectivity index (χ4n) is 3.49. The van der Waals surface area contributed by atoms with Crippen LogP contribution in [0.1, 0.15) is 31.3 Å². The highest BCUT2D eigenvalue weighted by Gasteiger charge is 2.29. The Hall–Kier alpha value is -2.24. The van der Waals surface area contributed by atoms with E-state index in [9.17, 15) is 13.6 Å². The molecular formula is C21H29F2IN6O. The molecule has 1 aromatic carbocycles. The molecule has 1 amide bonds. The Labute approximate surface area is 198 Å². The predicted octanol–water partition coefficient (Wildman–Crippen LogP) is 3.04. The van der Waals surface area contributed by atoms with E-state index in [-0.39, 0.29) is 48.2 Å². The quantitative estimate of drug-likeness (QED) is 0.288. The van der Waals surface area contributed by atoms with Crippen molar-refractivity contribution in [3.05, 3.63) is 54.1 Å². The van der Waals surface area contributed by atoms with Crippen molar-refractivity contribution >= 4 is 35.8 Å². The molecule has 2 N–H and O–H groups in total. The van der Waals surface area contributed by atoms with Gasteiger partial charge in [0, 0.05) is 50.9 Å². The normalized spacial score (nSPS) is 16.5. The monoisotopic (exact) mass is 546 g/mol. The van der Waals surface area contributed by atoms with E-state index in [0.29, 0.717) is 38.6 Å². The highest BCUT2D eigenvalue weighted by atomic mass is 127. The number of aliphatic imine (C=N–C) groups is 1. The molecule has 1 aliphatic rings. The standard InChI is InChI=1S/C21H28F2N6O.HI/c1-2-24-21(27-14-18-25-9-11-29(18)20(22)23)26-13-17-12-19(30)28(15-17)10-8-16-6-4-3-5-7-16;/h3-7,9,11,17,20H,2,8,10,12-15H2,1H3,(H2,24,26,27);1H. The molecule has 2 heterocycles. The van der Waals surface area contributed by atoms with Gasteiger partial charge in [0.15, 0.2) is 5.96 Å². The van der Waals surface area contributed by atoms with E-state index in [1.165, 1.54) is 18.0 Å². The van der Waals surface area contributed by atoms with E-state index in [4.69, 9.17) is 0 Å². The second kappa shape index (κ2) is 12.6.